The largest absolute Gasteiger partial charge is 0.379 e. The smallest absolute Gasteiger partial charge is 0.191 e. The fraction of sp³-hybridized carbons (Fsp3) is 0.706. The second-order valence-electron chi connectivity index (χ2n) is 6.31. The van der Waals surface area contributed by atoms with Crippen molar-refractivity contribution in [2.75, 3.05) is 57.9 Å². The average molecular weight is 496 g/mol. The summed E-state index contributed by atoms with van der Waals surface area (Å²) in [7, 11) is 1.85. The minimum Gasteiger partial charge on any atom is -0.379 e. The Hall–Kier alpha value is -0.0300. The Morgan fingerprint density at radius 1 is 1.36 bits per heavy atom. The number of hydrogen-bond donors (Lipinski definition) is 2. The van der Waals surface area contributed by atoms with E-state index in [0.29, 0.717) is 0 Å². The Kier molecular flexibility index (Phi) is 9.33. The first kappa shape index (κ1) is 21.3. The van der Waals surface area contributed by atoms with Gasteiger partial charge in [0.15, 0.2) is 5.96 Å². The summed E-state index contributed by atoms with van der Waals surface area (Å²) in [6, 6.07) is 4.29. The van der Waals surface area contributed by atoms with Gasteiger partial charge >= 0.3 is 0 Å². The summed E-state index contributed by atoms with van der Waals surface area (Å²) in [6.07, 6.45) is 2.29. The van der Waals surface area contributed by atoms with Crippen molar-refractivity contribution < 1.29 is 4.74 Å². The molecule has 2 fully saturated rings. The van der Waals surface area contributed by atoms with Crippen molar-refractivity contribution in [2.45, 2.75) is 18.4 Å². The molecule has 0 radical (unpaired) electrons. The summed E-state index contributed by atoms with van der Waals surface area (Å²) in [5.74, 6) is 3.37. The monoisotopic (exact) mass is 496 g/mol. The van der Waals surface area contributed by atoms with Gasteiger partial charge in [-0.3, -0.25) is 9.89 Å². The van der Waals surface area contributed by atoms with Crippen molar-refractivity contribution in [1.29, 1.82) is 0 Å². The van der Waals surface area contributed by atoms with Crippen LogP contribution in [-0.4, -0.2) is 74.3 Å². The number of morpholine rings is 1. The van der Waals surface area contributed by atoms with E-state index in [1.807, 2.05) is 18.4 Å². The number of thiophene rings is 1. The first-order chi connectivity index (χ1) is 11.8. The molecule has 1 aromatic heterocycles. The lowest BCUT2D eigenvalue weighted by Gasteiger charge is -2.43. The van der Waals surface area contributed by atoms with Crippen LogP contribution in [0.5, 0.6) is 0 Å². The van der Waals surface area contributed by atoms with E-state index in [4.69, 9.17) is 4.74 Å². The molecule has 3 rings (SSSR count). The fourth-order valence-corrected chi connectivity index (χ4v) is 5.55. The normalized spacial score (nSPS) is 24.8. The molecule has 0 saturated carbocycles. The van der Waals surface area contributed by atoms with Crippen LogP contribution in [0.4, 0.5) is 0 Å². The zero-order valence-corrected chi connectivity index (χ0v) is 18.8. The summed E-state index contributed by atoms with van der Waals surface area (Å²) in [5, 5.41) is 9.15. The molecule has 2 saturated heterocycles. The Labute approximate surface area is 176 Å². The molecule has 8 heteroatoms. The summed E-state index contributed by atoms with van der Waals surface area (Å²) >= 11 is 3.88. The van der Waals surface area contributed by atoms with Crippen molar-refractivity contribution in [3.63, 3.8) is 0 Å². The maximum absolute atomic E-state index is 5.54. The number of halogens is 1. The quantitative estimate of drug-likeness (QED) is 0.360. The summed E-state index contributed by atoms with van der Waals surface area (Å²) in [6.45, 7) is 5.69. The van der Waals surface area contributed by atoms with Gasteiger partial charge < -0.3 is 15.4 Å². The lowest BCUT2D eigenvalue weighted by Crippen LogP contribution is -2.60. The van der Waals surface area contributed by atoms with Gasteiger partial charge in [-0.1, -0.05) is 6.07 Å². The second-order valence-corrected chi connectivity index (χ2v) is 8.45. The van der Waals surface area contributed by atoms with Crippen molar-refractivity contribution in [1.82, 2.24) is 15.5 Å². The molecular weight excluding hydrogens is 467 g/mol. The standard InChI is InChI=1S/C17H28N4OS2.HI/c1-18-16(19-6-4-15-3-2-11-24-15)20-13-17(5-12-23-14-17)21-7-9-22-10-8-21;/h2-3,11H,4-10,12-14H2,1H3,(H2,18,19,20);1H. The molecule has 25 heavy (non-hydrogen) atoms. The zero-order valence-electron chi connectivity index (χ0n) is 14.8. The van der Waals surface area contributed by atoms with Crippen LogP contribution in [0.15, 0.2) is 22.5 Å². The third kappa shape index (κ3) is 5.98. The van der Waals surface area contributed by atoms with Crippen LogP contribution < -0.4 is 10.6 Å². The molecule has 1 atom stereocenters. The molecule has 1 unspecified atom stereocenters. The van der Waals surface area contributed by atoms with Crippen LogP contribution in [0.1, 0.15) is 11.3 Å². The van der Waals surface area contributed by atoms with Crippen molar-refractivity contribution >= 4 is 53.0 Å². The molecule has 2 aliphatic rings. The van der Waals surface area contributed by atoms with Crippen LogP contribution in [0.3, 0.4) is 0 Å². The molecular formula is C17H29IN4OS2. The van der Waals surface area contributed by atoms with Gasteiger partial charge in [0.25, 0.3) is 0 Å². The van der Waals surface area contributed by atoms with Gasteiger partial charge in [0, 0.05) is 49.4 Å². The number of nitrogens with one attached hydrogen (secondary N) is 2. The van der Waals surface area contributed by atoms with Gasteiger partial charge in [-0.25, -0.2) is 0 Å². The van der Waals surface area contributed by atoms with Crippen LogP contribution in [0, 0.1) is 0 Å². The minimum absolute atomic E-state index is 0. The maximum atomic E-state index is 5.54. The van der Waals surface area contributed by atoms with E-state index >= 15 is 0 Å². The third-order valence-corrected chi connectivity index (χ3v) is 6.99. The predicted molar refractivity (Wildman–Crippen MR) is 120 cm³/mol. The van der Waals surface area contributed by atoms with Gasteiger partial charge in [-0.2, -0.15) is 11.8 Å². The summed E-state index contributed by atoms with van der Waals surface area (Å²) in [4.78, 5) is 8.43. The van der Waals surface area contributed by atoms with Crippen LogP contribution in [-0.2, 0) is 11.2 Å². The van der Waals surface area contributed by atoms with E-state index in [0.717, 1.165) is 51.8 Å². The highest BCUT2D eigenvalue weighted by Gasteiger charge is 2.40. The SMILES string of the molecule is CN=C(NCCc1cccs1)NCC1(N2CCOCC2)CCSC1.I. The van der Waals surface area contributed by atoms with Crippen molar-refractivity contribution in [3.05, 3.63) is 22.4 Å². The highest BCUT2D eigenvalue weighted by molar-refractivity contribution is 14.0. The molecule has 142 valence electrons. The predicted octanol–water partition coefficient (Wildman–Crippen LogP) is 2.28. The number of ether oxygens (including phenoxy) is 1. The van der Waals surface area contributed by atoms with Crippen molar-refractivity contribution in [2.24, 2.45) is 4.99 Å². The molecule has 0 bridgehead atoms. The highest BCUT2D eigenvalue weighted by Crippen LogP contribution is 2.33. The van der Waals surface area contributed by atoms with Gasteiger partial charge in [0.2, 0.25) is 0 Å². The third-order valence-electron chi connectivity index (χ3n) is 4.82. The van der Waals surface area contributed by atoms with Gasteiger partial charge in [-0.15, -0.1) is 35.3 Å². The lowest BCUT2D eigenvalue weighted by atomic mass is 9.95. The van der Waals surface area contributed by atoms with Crippen molar-refractivity contribution in [3.8, 4) is 0 Å². The van der Waals surface area contributed by atoms with Crippen LogP contribution in [0.2, 0.25) is 0 Å². The molecule has 2 N–H and O–H groups in total. The lowest BCUT2D eigenvalue weighted by molar-refractivity contribution is -0.0120. The van der Waals surface area contributed by atoms with Crippen LogP contribution in [0.25, 0.3) is 0 Å². The van der Waals surface area contributed by atoms with Gasteiger partial charge in [0.05, 0.1) is 13.2 Å². The first-order valence-electron chi connectivity index (χ1n) is 8.70. The molecule has 5 nitrogen and oxygen atoms in total. The summed E-state index contributed by atoms with van der Waals surface area (Å²) in [5.41, 5.74) is 0.250. The molecule has 1 aromatic rings. The van der Waals surface area contributed by atoms with Gasteiger partial charge in [0.1, 0.15) is 0 Å². The maximum Gasteiger partial charge on any atom is 0.191 e. The van der Waals surface area contributed by atoms with E-state index in [9.17, 15) is 0 Å². The molecule has 3 heterocycles. The topological polar surface area (TPSA) is 48.9 Å². The van der Waals surface area contributed by atoms with E-state index in [1.54, 1.807) is 0 Å². The number of aliphatic imine (C=N–C) groups is 1. The van der Waals surface area contributed by atoms with E-state index < -0.39 is 0 Å². The number of guanidine groups is 1. The fourth-order valence-electron chi connectivity index (χ4n) is 3.36. The Morgan fingerprint density at radius 3 is 2.84 bits per heavy atom. The zero-order chi connectivity index (χ0) is 16.7. The van der Waals surface area contributed by atoms with E-state index in [-0.39, 0.29) is 29.5 Å². The van der Waals surface area contributed by atoms with E-state index in [1.165, 1.54) is 22.8 Å². The van der Waals surface area contributed by atoms with Crippen LogP contribution >= 0.6 is 47.1 Å². The second kappa shape index (κ2) is 11.0. The Morgan fingerprint density at radius 2 is 2.20 bits per heavy atom. The molecule has 2 aliphatic heterocycles. The molecule has 0 aliphatic carbocycles. The molecule has 0 amide bonds. The average Bonchev–Trinajstić information content (AvgIpc) is 3.31. The highest BCUT2D eigenvalue weighted by atomic mass is 127. The number of nitrogens with zero attached hydrogens (tertiary/aromatic N) is 2. The number of rotatable bonds is 6. The number of thioether (sulfide) groups is 1. The first-order valence-corrected chi connectivity index (χ1v) is 10.7. The Bertz CT molecular complexity index is 515. The Balaban J connectivity index is 0.00000225. The molecule has 0 spiro atoms. The van der Waals surface area contributed by atoms with Gasteiger partial charge in [-0.05, 0) is 30.0 Å². The van der Waals surface area contributed by atoms with E-state index in [2.05, 4.69) is 49.8 Å². The summed E-state index contributed by atoms with van der Waals surface area (Å²) < 4.78 is 5.54. The minimum atomic E-state index is 0. The molecule has 0 aromatic carbocycles. The number of hydrogen-bond acceptors (Lipinski definition) is 5.